The van der Waals surface area contributed by atoms with E-state index < -0.39 is 17.9 Å². The van der Waals surface area contributed by atoms with Crippen molar-refractivity contribution in [2.24, 2.45) is 11.8 Å². The van der Waals surface area contributed by atoms with Gasteiger partial charge in [0.05, 0.1) is 13.5 Å². The van der Waals surface area contributed by atoms with Gasteiger partial charge in [-0.1, -0.05) is 44.2 Å². The van der Waals surface area contributed by atoms with Crippen LogP contribution >= 0.6 is 22.6 Å². The summed E-state index contributed by atoms with van der Waals surface area (Å²) in [5, 5.41) is 6.89. The molecule has 3 rings (SSSR count). The van der Waals surface area contributed by atoms with Crippen LogP contribution < -0.4 is 10.6 Å². The summed E-state index contributed by atoms with van der Waals surface area (Å²) in [6.45, 7) is 4.34. The zero-order chi connectivity index (χ0) is 25.4. The molecule has 186 valence electrons. The number of carbonyl (C=O) groups excluding carboxylic acids is 3. The lowest BCUT2D eigenvalue weighted by Crippen LogP contribution is -2.49. The first-order valence-electron chi connectivity index (χ1n) is 11.7. The van der Waals surface area contributed by atoms with Gasteiger partial charge in [-0.05, 0) is 64.3 Å². The summed E-state index contributed by atoms with van der Waals surface area (Å²) < 4.78 is 5.91. The number of para-hydroxylation sites is 1. The van der Waals surface area contributed by atoms with Gasteiger partial charge in [0, 0.05) is 39.6 Å². The number of benzene rings is 2. The van der Waals surface area contributed by atoms with E-state index in [1.807, 2.05) is 68.6 Å². The first kappa shape index (κ1) is 26.7. The minimum absolute atomic E-state index is 0.0232. The number of H-pyrrole nitrogens is 1. The zero-order valence-electron chi connectivity index (χ0n) is 20.3. The molecule has 8 heteroatoms. The molecule has 1 heterocycles. The summed E-state index contributed by atoms with van der Waals surface area (Å²) in [5.74, 6) is -1.40. The van der Waals surface area contributed by atoms with Crippen LogP contribution in [-0.4, -0.2) is 35.9 Å². The van der Waals surface area contributed by atoms with Gasteiger partial charge in [0.25, 0.3) is 0 Å². The molecule has 0 fully saturated rings. The number of amides is 2. The molecule has 35 heavy (non-hydrogen) atoms. The first-order chi connectivity index (χ1) is 16.8. The van der Waals surface area contributed by atoms with E-state index in [0.29, 0.717) is 19.4 Å². The predicted molar refractivity (Wildman–Crippen MR) is 145 cm³/mol. The number of carbonyl (C=O) groups is 3. The third kappa shape index (κ3) is 7.81. The largest absolute Gasteiger partial charge is 0.469 e. The van der Waals surface area contributed by atoms with Crippen LogP contribution in [0.25, 0.3) is 10.9 Å². The molecule has 2 amide bonds. The second-order valence-corrected chi connectivity index (χ2v) is 10.3. The van der Waals surface area contributed by atoms with Crippen molar-refractivity contribution in [3.05, 3.63) is 69.4 Å². The molecule has 0 aliphatic rings. The Bertz CT molecular complexity index is 1160. The molecule has 0 bridgehead atoms. The molecule has 1 aromatic heterocycles. The Balaban J connectivity index is 1.79. The fraction of sp³-hybridized carbons (Fsp3) is 0.370. The van der Waals surface area contributed by atoms with Crippen LogP contribution in [0.5, 0.6) is 0 Å². The molecule has 0 unspecified atom stereocenters. The van der Waals surface area contributed by atoms with E-state index in [-0.39, 0.29) is 24.2 Å². The second-order valence-electron chi connectivity index (χ2n) is 9.08. The second kappa shape index (κ2) is 12.7. The Labute approximate surface area is 219 Å². The van der Waals surface area contributed by atoms with Gasteiger partial charge in [0.2, 0.25) is 11.8 Å². The summed E-state index contributed by atoms with van der Waals surface area (Å²) >= 11 is 2.23. The molecule has 3 aromatic rings. The summed E-state index contributed by atoms with van der Waals surface area (Å²) in [7, 11) is 1.31. The summed E-state index contributed by atoms with van der Waals surface area (Å²) in [4.78, 5) is 41.7. The van der Waals surface area contributed by atoms with Crippen LogP contribution in [0.1, 0.15) is 37.8 Å². The Morgan fingerprint density at radius 1 is 1.03 bits per heavy atom. The molecular weight excluding hydrogens is 557 g/mol. The highest BCUT2D eigenvalue weighted by Gasteiger charge is 2.29. The lowest BCUT2D eigenvalue weighted by Gasteiger charge is -2.23. The van der Waals surface area contributed by atoms with Crippen LogP contribution in [0, 0.1) is 15.4 Å². The Kier molecular flexibility index (Phi) is 9.71. The predicted octanol–water partition coefficient (Wildman–Crippen LogP) is 4.34. The van der Waals surface area contributed by atoms with Crippen LogP contribution in [0.3, 0.4) is 0 Å². The van der Waals surface area contributed by atoms with E-state index in [0.717, 1.165) is 25.6 Å². The van der Waals surface area contributed by atoms with Crippen molar-refractivity contribution in [2.45, 2.75) is 45.7 Å². The minimum atomic E-state index is -0.794. The standard InChI is InChI=1S/C27H32IN3O4/c1-17(2)12-19(14-25(32)35-3)26(33)31-24(13-20-16-29-23-7-5-4-6-22(20)23)27(34)30-15-18-8-10-21(28)11-9-18/h4-11,16-17,19,24,29H,12-15H2,1-3H3,(H,30,34)(H,31,33)/t19-,24+/m1/s1. The van der Waals surface area contributed by atoms with Crippen molar-refractivity contribution in [2.75, 3.05) is 7.11 Å². The van der Waals surface area contributed by atoms with Crippen molar-refractivity contribution in [3.63, 3.8) is 0 Å². The van der Waals surface area contributed by atoms with E-state index in [1.165, 1.54) is 7.11 Å². The molecule has 0 aliphatic carbocycles. The maximum atomic E-state index is 13.3. The number of hydrogen-bond acceptors (Lipinski definition) is 4. The van der Waals surface area contributed by atoms with Crippen molar-refractivity contribution < 1.29 is 19.1 Å². The van der Waals surface area contributed by atoms with Crippen LogP contribution in [0.4, 0.5) is 0 Å². The number of esters is 1. The van der Waals surface area contributed by atoms with Gasteiger partial charge in [-0.25, -0.2) is 0 Å². The fourth-order valence-corrected chi connectivity index (χ4v) is 4.43. The summed E-state index contributed by atoms with van der Waals surface area (Å²) in [6.07, 6.45) is 2.69. The molecule has 0 spiro atoms. The lowest BCUT2D eigenvalue weighted by molar-refractivity contribution is -0.144. The quantitative estimate of drug-likeness (QED) is 0.229. The van der Waals surface area contributed by atoms with E-state index >= 15 is 0 Å². The first-order valence-corrected chi connectivity index (χ1v) is 12.8. The SMILES string of the molecule is COC(=O)C[C@@H](CC(C)C)C(=O)N[C@@H](Cc1c[nH]c2ccccc12)C(=O)NCc1ccc(I)cc1. The van der Waals surface area contributed by atoms with E-state index in [4.69, 9.17) is 4.74 Å². The third-order valence-corrected chi connectivity index (χ3v) is 6.60. The normalized spacial score (nSPS) is 12.8. The number of aromatic nitrogens is 1. The minimum Gasteiger partial charge on any atom is -0.469 e. The molecule has 0 saturated carbocycles. The van der Waals surface area contributed by atoms with Gasteiger partial charge < -0.3 is 20.4 Å². The number of ether oxygens (including phenoxy) is 1. The van der Waals surface area contributed by atoms with Gasteiger partial charge in [-0.2, -0.15) is 0 Å². The topological polar surface area (TPSA) is 100 Å². The zero-order valence-corrected chi connectivity index (χ0v) is 22.4. The van der Waals surface area contributed by atoms with Gasteiger partial charge in [0.15, 0.2) is 0 Å². The number of fused-ring (bicyclic) bond motifs is 1. The molecule has 2 aromatic carbocycles. The fourth-order valence-electron chi connectivity index (χ4n) is 4.07. The average molecular weight is 589 g/mol. The number of aromatic amines is 1. The molecule has 0 aliphatic heterocycles. The number of methoxy groups -OCH3 is 1. The van der Waals surface area contributed by atoms with Crippen molar-refractivity contribution in [3.8, 4) is 0 Å². The number of hydrogen-bond donors (Lipinski definition) is 3. The van der Waals surface area contributed by atoms with Crippen LogP contribution in [0.15, 0.2) is 54.7 Å². The monoisotopic (exact) mass is 589 g/mol. The Morgan fingerprint density at radius 3 is 2.43 bits per heavy atom. The Morgan fingerprint density at radius 2 is 1.74 bits per heavy atom. The van der Waals surface area contributed by atoms with E-state index in [2.05, 4.69) is 38.2 Å². The molecule has 3 N–H and O–H groups in total. The molecule has 0 saturated heterocycles. The Hall–Kier alpha value is -2.88. The molecule has 2 atom stereocenters. The van der Waals surface area contributed by atoms with E-state index in [1.54, 1.807) is 0 Å². The van der Waals surface area contributed by atoms with Crippen molar-refractivity contribution in [1.29, 1.82) is 0 Å². The summed E-state index contributed by atoms with van der Waals surface area (Å²) in [5.41, 5.74) is 2.87. The number of rotatable bonds is 11. The number of halogens is 1. The average Bonchev–Trinajstić information content (AvgIpc) is 3.25. The van der Waals surface area contributed by atoms with Crippen molar-refractivity contribution in [1.82, 2.24) is 15.6 Å². The maximum absolute atomic E-state index is 13.3. The van der Waals surface area contributed by atoms with Gasteiger partial charge in [0.1, 0.15) is 6.04 Å². The van der Waals surface area contributed by atoms with Gasteiger partial charge in [-0.15, -0.1) is 0 Å². The highest BCUT2D eigenvalue weighted by Crippen LogP contribution is 2.21. The summed E-state index contributed by atoms with van der Waals surface area (Å²) in [6, 6.07) is 14.9. The van der Waals surface area contributed by atoms with Gasteiger partial charge >= 0.3 is 5.97 Å². The third-order valence-electron chi connectivity index (χ3n) is 5.88. The highest BCUT2D eigenvalue weighted by molar-refractivity contribution is 14.1. The number of nitrogens with one attached hydrogen (secondary N) is 3. The molecule has 0 radical (unpaired) electrons. The maximum Gasteiger partial charge on any atom is 0.306 e. The van der Waals surface area contributed by atoms with E-state index in [9.17, 15) is 14.4 Å². The smallest absolute Gasteiger partial charge is 0.306 e. The molecular formula is C27H32IN3O4. The van der Waals surface area contributed by atoms with Crippen LogP contribution in [-0.2, 0) is 32.1 Å². The van der Waals surface area contributed by atoms with Crippen LogP contribution in [0.2, 0.25) is 0 Å². The molecule has 7 nitrogen and oxygen atoms in total. The lowest BCUT2D eigenvalue weighted by atomic mass is 9.92. The van der Waals surface area contributed by atoms with Crippen molar-refractivity contribution >= 4 is 51.3 Å². The highest BCUT2D eigenvalue weighted by atomic mass is 127. The van der Waals surface area contributed by atoms with Gasteiger partial charge in [-0.3, -0.25) is 14.4 Å².